The van der Waals surface area contributed by atoms with Gasteiger partial charge in [-0.15, -0.1) is 0 Å². The fraction of sp³-hybridized carbons (Fsp3) is 0.417. The number of aromatic carboxylic acids is 1. The summed E-state index contributed by atoms with van der Waals surface area (Å²) in [4.78, 5) is 11.1. The number of halogens is 2. The zero-order valence-electron chi connectivity index (χ0n) is 9.40. The highest BCUT2D eigenvalue weighted by atomic mass is 35.5. The minimum absolute atomic E-state index is 0.0690. The fourth-order valence-corrected chi connectivity index (χ4v) is 2.57. The van der Waals surface area contributed by atoms with E-state index in [1.54, 1.807) is 0 Å². The van der Waals surface area contributed by atoms with Crippen LogP contribution in [-0.4, -0.2) is 28.4 Å². The van der Waals surface area contributed by atoms with Crippen molar-refractivity contribution in [2.75, 3.05) is 0 Å². The average molecular weight is 291 g/mol. The maximum atomic E-state index is 11.1. The van der Waals surface area contributed by atoms with E-state index in [9.17, 15) is 9.90 Å². The number of carbonyl (C=O) groups is 1. The van der Waals surface area contributed by atoms with Crippen molar-refractivity contribution in [2.45, 2.75) is 31.5 Å². The number of carboxylic acids is 1. The maximum absolute atomic E-state index is 11.1. The van der Waals surface area contributed by atoms with Gasteiger partial charge in [0.2, 0.25) is 0 Å². The molecule has 0 radical (unpaired) electrons. The Morgan fingerprint density at radius 3 is 2.61 bits per heavy atom. The van der Waals surface area contributed by atoms with E-state index < -0.39 is 18.2 Å². The summed E-state index contributed by atoms with van der Waals surface area (Å²) in [6.07, 6.45) is 1.18. The Balaban J connectivity index is 2.33. The zero-order chi connectivity index (χ0) is 13.3. The van der Waals surface area contributed by atoms with Gasteiger partial charge < -0.3 is 14.9 Å². The van der Waals surface area contributed by atoms with Crippen LogP contribution in [-0.2, 0) is 0 Å². The van der Waals surface area contributed by atoms with Crippen LogP contribution in [0.5, 0.6) is 5.75 Å². The smallest absolute Gasteiger partial charge is 0.339 e. The van der Waals surface area contributed by atoms with E-state index in [2.05, 4.69) is 0 Å². The largest absolute Gasteiger partial charge is 0.485 e. The molecular formula is C12H12Cl2O4. The summed E-state index contributed by atoms with van der Waals surface area (Å²) in [5, 5.41) is 19.1. The standard InChI is InChI=1S/C12H12Cl2O4/c13-6-4-7(12(16)17)11(8(14)5-6)18-10-3-1-2-9(10)15/h4-5,9-10,15H,1-3H2,(H,16,17). The summed E-state index contributed by atoms with van der Waals surface area (Å²) >= 11 is 11.7. The molecule has 0 aliphatic heterocycles. The molecule has 1 aromatic carbocycles. The SMILES string of the molecule is O=C(O)c1cc(Cl)cc(Cl)c1OC1CCCC1O. The van der Waals surface area contributed by atoms with E-state index in [1.807, 2.05) is 0 Å². The molecule has 0 bridgehead atoms. The lowest BCUT2D eigenvalue weighted by atomic mass is 10.2. The van der Waals surface area contributed by atoms with Gasteiger partial charge in [0.15, 0.2) is 5.75 Å². The summed E-state index contributed by atoms with van der Waals surface area (Å²) in [5.74, 6) is -1.10. The number of aliphatic hydroxyl groups excluding tert-OH is 1. The number of ether oxygens (including phenoxy) is 1. The van der Waals surface area contributed by atoms with Crippen LogP contribution in [0.4, 0.5) is 0 Å². The highest BCUT2D eigenvalue weighted by Crippen LogP contribution is 2.35. The lowest BCUT2D eigenvalue weighted by Gasteiger charge is -2.19. The lowest BCUT2D eigenvalue weighted by Crippen LogP contribution is -2.26. The molecule has 4 nitrogen and oxygen atoms in total. The highest BCUT2D eigenvalue weighted by Gasteiger charge is 2.29. The van der Waals surface area contributed by atoms with Crippen LogP contribution in [0.2, 0.25) is 10.0 Å². The fourth-order valence-electron chi connectivity index (χ4n) is 2.03. The molecule has 0 saturated heterocycles. The van der Waals surface area contributed by atoms with Gasteiger partial charge in [-0.1, -0.05) is 23.2 Å². The maximum Gasteiger partial charge on any atom is 0.339 e. The van der Waals surface area contributed by atoms with Crippen LogP contribution >= 0.6 is 23.2 Å². The van der Waals surface area contributed by atoms with Crippen molar-refractivity contribution >= 4 is 29.2 Å². The highest BCUT2D eigenvalue weighted by molar-refractivity contribution is 6.36. The van der Waals surface area contributed by atoms with Crippen molar-refractivity contribution in [3.63, 3.8) is 0 Å². The van der Waals surface area contributed by atoms with E-state index >= 15 is 0 Å². The molecule has 0 heterocycles. The van der Waals surface area contributed by atoms with Crippen molar-refractivity contribution in [1.82, 2.24) is 0 Å². The van der Waals surface area contributed by atoms with Crippen LogP contribution in [0.25, 0.3) is 0 Å². The molecule has 1 aromatic rings. The Kier molecular flexibility index (Phi) is 4.00. The van der Waals surface area contributed by atoms with Crippen LogP contribution < -0.4 is 4.74 Å². The Hall–Kier alpha value is -0.970. The van der Waals surface area contributed by atoms with Crippen molar-refractivity contribution in [2.24, 2.45) is 0 Å². The molecule has 1 aliphatic rings. The predicted octanol–water partition coefficient (Wildman–Crippen LogP) is 2.98. The second-order valence-electron chi connectivity index (χ2n) is 4.22. The molecule has 2 N–H and O–H groups in total. The molecule has 2 unspecified atom stereocenters. The normalized spacial score (nSPS) is 23.1. The van der Waals surface area contributed by atoms with E-state index in [-0.39, 0.29) is 21.4 Å². The van der Waals surface area contributed by atoms with Gasteiger partial charge in [-0.25, -0.2) is 4.79 Å². The summed E-state index contributed by atoms with van der Waals surface area (Å²) < 4.78 is 5.54. The number of benzene rings is 1. The Morgan fingerprint density at radius 1 is 1.33 bits per heavy atom. The molecule has 2 rings (SSSR count). The average Bonchev–Trinajstić information content (AvgIpc) is 2.67. The Labute approximate surface area is 114 Å². The topological polar surface area (TPSA) is 66.8 Å². The number of hydrogen-bond acceptors (Lipinski definition) is 3. The number of hydrogen-bond donors (Lipinski definition) is 2. The lowest BCUT2D eigenvalue weighted by molar-refractivity contribution is 0.0560. The summed E-state index contributed by atoms with van der Waals surface area (Å²) in [7, 11) is 0. The third-order valence-electron chi connectivity index (χ3n) is 2.93. The monoisotopic (exact) mass is 290 g/mol. The van der Waals surface area contributed by atoms with Gasteiger partial charge in [-0.2, -0.15) is 0 Å². The van der Waals surface area contributed by atoms with Crippen molar-refractivity contribution in [3.8, 4) is 5.75 Å². The number of aliphatic hydroxyl groups is 1. The molecule has 2 atom stereocenters. The van der Waals surface area contributed by atoms with E-state index in [4.69, 9.17) is 33.0 Å². The minimum atomic E-state index is -1.16. The first-order valence-electron chi connectivity index (χ1n) is 5.56. The third-order valence-corrected chi connectivity index (χ3v) is 3.42. The van der Waals surface area contributed by atoms with Crippen LogP contribution in [0.15, 0.2) is 12.1 Å². The van der Waals surface area contributed by atoms with Crippen LogP contribution in [0.1, 0.15) is 29.6 Å². The Morgan fingerprint density at radius 2 is 2.06 bits per heavy atom. The minimum Gasteiger partial charge on any atom is -0.485 e. The Bertz CT molecular complexity index is 475. The third kappa shape index (κ3) is 2.71. The van der Waals surface area contributed by atoms with Gasteiger partial charge in [-0.3, -0.25) is 0 Å². The second kappa shape index (κ2) is 5.34. The second-order valence-corrected chi connectivity index (χ2v) is 5.07. The molecule has 6 heteroatoms. The molecule has 18 heavy (non-hydrogen) atoms. The molecule has 0 aromatic heterocycles. The van der Waals surface area contributed by atoms with Gasteiger partial charge >= 0.3 is 5.97 Å². The molecule has 98 valence electrons. The van der Waals surface area contributed by atoms with Gasteiger partial charge in [0.1, 0.15) is 11.7 Å². The van der Waals surface area contributed by atoms with E-state index in [0.29, 0.717) is 12.8 Å². The van der Waals surface area contributed by atoms with Gasteiger partial charge in [-0.05, 0) is 31.4 Å². The summed E-state index contributed by atoms with van der Waals surface area (Å²) in [5.41, 5.74) is -0.0911. The van der Waals surface area contributed by atoms with Gasteiger partial charge in [0.25, 0.3) is 0 Å². The first-order chi connectivity index (χ1) is 8.49. The number of carboxylic acid groups (broad SMARTS) is 1. The summed E-state index contributed by atoms with van der Waals surface area (Å²) in [6, 6.07) is 2.71. The number of rotatable bonds is 3. The van der Waals surface area contributed by atoms with Crippen molar-refractivity contribution in [3.05, 3.63) is 27.7 Å². The van der Waals surface area contributed by atoms with Crippen molar-refractivity contribution < 1.29 is 19.7 Å². The van der Waals surface area contributed by atoms with Crippen LogP contribution in [0.3, 0.4) is 0 Å². The predicted molar refractivity (Wildman–Crippen MR) is 67.7 cm³/mol. The molecule has 0 spiro atoms. The zero-order valence-corrected chi connectivity index (χ0v) is 10.9. The van der Waals surface area contributed by atoms with Gasteiger partial charge in [0, 0.05) is 5.02 Å². The molecule has 1 saturated carbocycles. The van der Waals surface area contributed by atoms with E-state index in [0.717, 1.165) is 6.42 Å². The molecule has 0 amide bonds. The van der Waals surface area contributed by atoms with Crippen LogP contribution in [0, 0.1) is 0 Å². The molecule has 1 fully saturated rings. The first kappa shape index (κ1) is 13.5. The molecule has 1 aliphatic carbocycles. The van der Waals surface area contributed by atoms with E-state index in [1.165, 1.54) is 12.1 Å². The molecular weight excluding hydrogens is 279 g/mol. The van der Waals surface area contributed by atoms with Crippen molar-refractivity contribution in [1.29, 1.82) is 0 Å². The van der Waals surface area contributed by atoms with Gasteiger partial charge in [0.05, 0.1) is 11.1 Å². The quantitative estimate of drug-likeness (QED) is 0.898. The summed E-state index contributed by atoms with van der Waals surface area (Å²) in [6.45, 7) is 0. The first-order valence-corrected chi connectivity index (χ1v) is 6.31.